The lowest BCUT2D eigenvalue weighted by Crippen LogP contribution is -2.30. The molecule has 0 aliphatic rings. The number of amides is 1. The van der Waals surface area contributed by atoms with Gasteiger partial charge in [-0.05, 0) is 63.9 Å². The summed E-state index contributed by atoms with van der Waals surface area (Å²) in [5.74, 6) is 1.26. The van der Waals surface area contributed by atoms with Gasteiger partial charge in [0.1, 0.15) is 11.5 Å². The first-order chi connectivity index (χ1) is 11.4. The zero-order valence-corrected chi connectivity index (χ0v) is 14.9. The average molecular weight is 327 g/mol. The Morgan fingerprint density at radius 1 is 1.00 bits per heavy atom. The second-order valence-electron chi connectivity index (χ2n) is 6.14. The number of hydrogen-bond acceptors (Lipinski definition) is 3. The first-order valence-electron chi connectivity index (χ1n) is 8.17. The van der Waals surface area contributed by atoms with Crippen molar-refractivity contribution in [2.75, 3.05) is 5.32 Å². The van der Waals surface area contributed by atoms with Crippen LogP contribution in [0, 0.1) is 13.8 Å². The van der Waals surface area contributed by atoms with Crippen molar-refractivity contribution in [3.05, 3.63) is 53.6 Å². The van der Waals surface area contributed by atoms with Crippen molar-refractivity contribution in [2.24, 2.45) is 0 Å². The lowest BCUT2D eigenvalue weighted by atomic mass is 10.1. The quantitative estimate of drug-likeness (QED) is 0.850. The Morgan fingerprint density at radius 2 is 1.71 bits per heavy atom. The number of benzene rings is 2. The molecular weight excluding hydrogens is 302 g/mol. The van der Waals surface area contributed by atoms with E-state index in [9.17, 15) is 4.79 Å². The van der Waals surface area contributed by atoms with Crippen LogP contribution in [-0.2, 0) is 4.79 Å². The number of hydrogen-bond donors (Lipinski definition) is 1. The van der Waals surface area contributed by atoms with E-state index >= 15 is 0 Å². The molecule has 4 heteroatoms. The number of nitrogens with one attached hydrogen (secondary N) is 1. The summed E-state index contributed by atoms with van der Waals surface area (Å²) in [5.41, 5.74) is 2.87. The van der Waals surface area contributed by atoms with Gasteiger partial charge in [-0.2, -0.15) is 0 Å². The maximum Gasteiger partial charge on any atom is 0.265 e. The summed E-state index contributed by atoms with van der Waals surface area (Å²) in [6.07, 6.45) is -0.511. The predicted molar refractivity (Wildman–Crippen MR) is 96.8 cm³/mol. The molecule has 0 bridgehead atoms. The van der Waals surface area contributed by atoms with Gasteiger partial charge in [-0.1, -0.05) is 18.2 Å². The third kappa shape index (κ3) is 4.75. The van der Waals surface area contributed by atoms with Gasteiger partial charge in [-0.15, -0.1) is 0 Å². The minimum Gasteiger partial charge on any atom is -0.491 e. The molecule has 4 nitrogen and oxygen atoms in total. The molecule has 0 radical (unpaired) electrons. The summed E-state index contributed by atoms with van der Waals surface area (Å²) in [6, 6.07) is 13.2. The van der Waals surface area contributed by atoms with Gasteiger partial charge in [0.15, 0.2) is 6.10 Å². The normalized spacial score (nSPS) is 11.9. The average Bonchev–Trinajstić information content (AvgIpc) is 2.51. The number of ether oxygens (including phenoxy) is 2. The van der Waals surface area contributed by atoms with Gasteiger partial charge in [0, 0.05) is 11.8 Å². The van der Waals surface area contributed by atoms with Gasteiger partial charge in [0.05, 0.1) is 6.10 Å². The Bertz CT molecular complexity index is 710. The molecule has 1 amide bonds. The SMILES string of the molecule is Cc1cccc(O[C@H](C)C(=O)Nc2cccc(OC(C)C)c2)c1C. The van der Waals surface area contributed by atoms with E-state index in [2.05, 4.69) is 5.32 Å². The number of carbonyl (C=O) groups is 1. The zero-order chi connectivity index (χ0) is 17.7. The summed E-state index contributed by atoms with van der Waals surface area (Å²) < 4.78 is 11.5. The number of anilines is 1. The Morgan fingerprint density at radius 3 is 2.42 bits per heavy atom. The van der Waals surface area contributed by atoms with Gasteiger partial charge in [-0.25, -0.2) is 0 Å². The monoisotopic (exact) mass is 327 g/mol. The molecule has 0 heterocycles. The van der Waals surface area contributed by atoms with Crippen LogP contribution in [0.2, 0.25) is 0 Å². The molecule has 0 spiro atoms. The molecule has 0 aliphatic heterocycles. The second-order valence-corrected chi connectivity index (χ2v) is 6.14. The molecule has 0 saturated heterocycles. The molecule has 1 N–H and O–H groups in total. The molecule has 2 rings (SSSR count). The van der Waals surface area contributed by atoms with Gasteiger partial charge >= 0.3 is 0 Å². The van der Waals surface area contributed by atoms with Crippen LogP contribution in [-0.4, -0.2) is 18.1 Å². The smallest absolute Gasteiger partial charge is 0.265 e. The summed E-state index contributed by atoms with van der Waals surface area (Å²) in [7, 11) is 0. The summed E-state index contributed by atoms with van der Waals surface area (Å²) in [5, 5.41) is 2.87. The molecule has 0 fully saturated rings. The largest absolute Gasteiger partial charge is 0.491 e. The van der Waals surface area contributed by atoms with E-state index in [4.69, 9.17) is 9.47 Å². The first kappa shape index (κ1) is 17.9. The lowest BCUT2D eigenvalue weighted by molar-refractivity contribution is -0.122. The first-order valence-corrected chi connectivity index (χ1v) is 8.17. The second kappa shape index (κ2) is 7.86. The minimum absolute atomic E-state index is 0.0857. The van der Waals surface area contributed by atoms with Gasteiger partial charge in [0.2, 0.25) is 0 Å². The van der Waals surface area contributed by atoms with E-state index in [1.54, 1.807) is 6.92 Å². The van der Waals surface area contributed by atoms with Gasteiger partial charge in [-0.3, -0.25) is 4.79 Å². The van der Waals surface area contributed by atoms with Crippen LogP contribution in [0.3, 0.4) is 0 Å². The van der Waals surface area contributed by atoms with Gasteiger partial charge in [0.25, 0.3) is 5.91 Å². The molecule has 128 valence electrons. The molecule has 0 aromatic heterocycles. The third-order valence-corrected chi connectivity index (χ3v) is 3.70. The highest BCUT2D eigenvalue weighted by Gasteiger charge is 2.16. The standard InChI is InChI=1S/C20H25NO3/c1-13(2)23-18-10-7-9-17(12-18)21-20(22)16(5)24-19-11-6-8-14(3)15(19)4/h6-13,16H,1-5H3,(H,21,22)/t16-/m1/s1. The number of rotatable bonds is 6. The lowest BCUT2D eigenvalue weighted by Gasteiger charge is -2.17. The summed E-state index contributed by atoms with van der Waals surface area (Å²) >= 11 is 0. The molecule has 0 aliphatic carbocycles. The summed E-state index contributed by atoms with van der Waals surface area (Å²) in [6.45, 7) is 9.68. The minimum atomic E-state index is -0.597. The van der Waals surface area contributed by atoms with E-state index in [-0.39, 0.29) is 12.0 Å². The van der Waals surface area contributed by atoms with Crippen molar-refractivity contribution in [1.82, 2.24) is 0 Å². The Labute approximate surface area is 143 Å². The van der Waals surface area contributed by atoms with Crippen LogP contribution in [0.5, 0.6) is 11.5 Å². The fourth-order valence-corrected chi connectivity index (χ4v) is 2.26. The van der Waals surface area contributed by atoms with Gasteiger partial charge < -0.3 is 14.8 Å². The summed E-state index contributed by atoms with van der Waals surface area (Å²) in [4.78, 5) is 12.4. The Hall–Kier alpha value is -2.49. The molecule has 0 unspecified atom stereocenters. The highest BCUT2D eigenvalue weighted by atomic mass is 16.5. The van der Waals surface area contributed by atoms with Crippen molar-refractivity contribution >= 4 is 11.6 Å². The molecule has 2 aromatic carbocycles. The van der Waals surface area contributed by atoms with Crippen molar-refractivity contribution in [3.8, 4) is 11.5 Å². The van der Waals surface area contributed by atoms with Crippen LogP contribution in [0.4, 0.5) is 5.69 Å². The maximum absolute atomic E-state index is 12.4. The van der Waals surface area contributed by atoms with E-state index in [1.165, 1.54) is 0 Å². The molecule has 1 atom stereocenters. The fraction of sp³-hybridized carbons (Fsp3) is 0.350. The molecule has 0 saturated carbocycles. The van der Waals surface area contributed by atoms with Crippen LogP contribution in [0.25, 0.3) is 0 Å². The highest BCUT2D eigenvalue weighted by molar-refractivity contribution is 5.94. The zero-order valence-electron chi connectivity index (χ0n) is 14.9. The van der Waals surface area contributed by atoms with E-state index in [0.717, 1.165) is 22.6 Å². The molecule has 24 heavy (non-hydrogen) atoms. The number of aryl methyl sites for hydroxylation is 1. The van der Waals surface area contributed by atoms with Crippen molar-refractivity contribution < 1.29 is 14.3 Å². The van der Waals surface area contributed by atoms with Crippen molar-refractivity contribution in [2.45, 2.75) is 46.8 Å². The highest BCUT2D eigenvalue weighted by Crippen LogP contribution is 2.23. The van der Waals surface area contributed by atoms with E-state index in [0.29, 0.717) is 5.69 Å². The van der Waals surface area contributed by atoms with Crippen LogP contribution >= 0.6 is 0 Å². The predicted octanol–water partition coefficient (Wildman–Crippen LogP) is 4.50. The van der Waals surface area contributed by atoms with Crippen molar-refractivity contribution in [3.63, 3.8) is 0 Å². The van der Waals surface area contributed by atoms with Crippen molar-refractivity contribution in [1.29, 1.82) is 0 Å². The maximum atomic E-state index is 12.4. The van der Waals surface area contributed by atoms with E-state index in [1.807, 2.05) is 70.2 Å². The Kier molecular flexibility index (Phi) is 5.85. The topological polar surface area (TPSA) is 47.6 Å². The van der Waals surface area contributed by atoms with E-state index < -0.39 is 6.10 Å². The Balaban J connectivity index is 2.02. The van der Waals surface area contributed by atoms with Crippen LogP contribution < -0.4 is 14.8 Å². The fourth-order valence-electron chi connectivity index (χ4n) is 2.26. The number of carbonyl (C=O) groups excluding carboxylic acids is 1. The molecular formula is C20H25NO3. The van der Waals surface area contributed by atoms with Crippen LogP contribution in [0.15, 0.2) is 42.5 Å². The third-order valence-electron chi connectivity index (χ3n) is 3.70. The van der Waals surface area contributed by atoms with Crippen LogP contribution in [0.1, 0.15) is 31.9 Å². The molecule has 2 aromatic rings.